The zero-order chi connectivity index (χ0) is 16.0. The molecule has 0 aliphatic rings. The van der Waals surface area contributed by atoms with Crippen molar-refractivity contribution in [2.45, 2.75) is 6.92 Å². The second-order valence-electron chi connectivity index (χ2n) is 5.50. The number of hydrogen-bond acceptors (Lipinski definition) is 3. The number of aromatic hydroxyl groups is 2. The lowest BCUT2D eigenvalue weighted by molar-refractivity contribution is -0.509. The maximum atomic E-state index is 10.4. The molecule has 0 saturated carbocycles. The Balaban J connectivity index is 0.00000169. The molecule has 2 aromatic carbocycles. The van der Waals surface area contributed by atoms with Crippen LogP contribution in [0.15, 0.2) is 54.9 Å². The molecule has 0 amide bonds. The van der Waals surface area contributed by atoms with Crippen LogP contribution in [0, 0.1) is 0 Å². The molecule has 0 unspecified atom stereocenters. The Kier molecular flexibility index (Phi) is 4.20. The summed E-state index contributed by atoms with van der Waals surface area (Å²) in [6.07, 6.45) is 3.82. The van der Waals surface area contributed by atoms with Gasteiger partial charge in [-0.2, -0.15) is 4.40 Å². The largest absolute Gasteiger partial charge is 1.00 e. The first-order valence-corrected chi connectivity index (χ1v) is 7.52. The smallest absolute Gasteiger partial charge is 0.219 e. The summed E-state index contributed by atoms with van der Waals surface area (Å²) in [5.41, 5.74) is 1.01. The normalized spacial score (nSPS) is 10.9. The summed E-state index contributed by atoms with van der Waals surface area (Å²) >= 11 is 0. The van der Waals surface area contributed by atoms with E-state index in [4.69, 9.17) is 4.74 Å². The van der Waals surface area contributed by atoms with Gasteiger partial charge in [0.25, 0.3) is 0 Å². The van der Waals surface area contributed by atoms with Crippen molar-refractivity contribution in [3.05, 3.63) is 54.9 Å². The molecule has 2 aromatic heterocycles. The van der Waals surface area contributed by atoms with Crippen LogP contribution in [0.3, 0.4) is 0 Å². The van der Waals surface area contributed by atoms with Crippen LogP contribution in [-0.4, -0.2) is 16.8 Å². The summed E-state index contributed by atoms with van der Waals surface area (Å²) in [7, 11) is 0. The molecule has 0 saturated heterocycles. The molecule has 2 N–H and O–H groups in total. The molecule has 4 aromatic rings. The molecule has 5 heteroatoms. The number of nitrogens with zero attached hydrogens (tertiary/aromatic N) is 1. The average Bonchev–Trinajstić information content (AvgIpc) is 2.56. The Morgan fingerprint density at radius 2 is 1.75 bits per heavy atom. The van der Waals surface area contributed by atoms with Gasteiger partial charge < -0.3 is 31.9 Å². The predicted octanol–water partition coefficient (Wildman–Crippen LogP) is 0.546. The maximum absolute atomic E-state index is 10.4. The molecular weight excluding hydrogens is 370 g/mol. The average molecular weight is 386 g/mol. The van der Waals surface area contributed by atoms with Gasteiger partial charge in [-0.15, -0.1) is 0 Å². The van der Waals surface area contributed by atoms with Gasteiger partial charge in [0.1, 0.15) is 5.75 Å². The molecule has 0 atom stereocenters. The molecule has 0 fully saturated rings. The van der Waals surface area contributed by atoms with Gasteiger partial charge in [-0.3, -0.25) is 0 Å². The number of hydrogen-bond donors (Lipinski definition) is 2. The Bertz CT molecular complexity index is 1060. The van der Waals surface area contributed by atoms with Crippen molar-refractivity contribution in [1.29, 1.82) is 0 Å². The predicted molar refractivity (Wildman–Crippen MR) is 89.1 cm³/mol. The molecule has 4 rings (SSSR count). The van der Waals surface area contributed by atoms with Crippen molar-refractivity contribution in [2.75, 3.05) is 6.61 Å². The van der Waals surface area contributed by atoms with Crippen molar-refractivity contribution in [2.24, 2.45) is 0 Å². The van der Waals surface area contributed by atoms with Crippen molar-refractivity contribution in [3.63, 3.8) is 0 Å². The van der Waals surface area contributed by atoms with E-state index in [1.54, 1.807) is 18.2 Å². The summed E-state index contributed by atoms with van der Waals surface area (Å²) in [6.45, 7) is 2.40. The van der Waals surface area contributed by atoms with Crippen LogP contribution >= 0.6 is 0 Å². The number of fused-ring (bicyclic) bond motifs is 4. The molecule has 0 aliphatic heterocycles. The fraction of sp³-hybridized carbons (Fsp3) is 0.105. The molecule has 0 radical (unpaired) electrons. The van der Waals surface area contributed by atoms with Gasteiger partial charge in [-0.1, -0.05) is 0 Å². The lowest BCUT2D eigenvalue weighted by Crippen LogP contribution is -3.00. The number of halogens is 1. The van der Waals surface area contributed by atoms with E-state index in [1.165, 1.54) is 0 Å². The topological polar surface area (TPSA) is 53.8 Å². The monoisotopic (exact) mass is 385 g/mol. The SMILES string of the molecule is CCOc1ccc2cc3c4ccc(O)cc4cc[n+]3cc2c1O.[Br-]. The fourth-order valence-electron chi connectivity index (χ4n) is 2.99. The number of pyridine rings is 2. The van der Waals surface area contributed by atoms with E-state index in [1.807, 2.05) is 48.0 Å². The van der Waals surface area contributed by atoms with Gasteiger partial charge in [0.05, 0.1) is 17.4 Å². The third kappa shape index (κ3) is 2.51. The zero-order valence-corrected chi connectivity index (χ0v) is 14.6. The first kappa shape index (κ1) is 16.3. The van der Waals surface area contributed by atoms with E-state index in [2.05, 4.69) is 0 Å². The second kappa shape index (κ2) is 6.17. The Morgan fingerprint density at radius 3 is 2.54 bits per heavy atom. The highest BCUT2D eigenvalue weighted by Gasteiger charge is 2.15. The van der Waals surface area contributed by atoms with E-state index < -0.39 is 0 Å². The van der Waals surface area contributed by atoms with Gasteiger partial charge in [0.15, 0.2) is 23.9 Å². The third-order valence-electron chi connectivity index (χ3n) is 4.08. The fourth-order valence-corrected chi connectivity index (χ4v) is 2.99. The van der Waals surface area contributed by atoms with E-state index in [-0.39, 0.29) is 28.5 Å². The Labute approximate surface area is 149 Å². The minimum Gasteiger partial charge on any atom is -1.00 e. The first-order valence-electron chi connectivity index (χ1n) is 7.52. The van der Waals surface area contributed by atoms with Crippen molar-refractivity contribution in [1.82, 2.24) is 0 Å². The summed E-state index contributed by atoms with van der Waals surface area (Å²) < 4.78 is 7.42. The number of benzene rings is 2. The van der Waals surface area contributed by atoms with E-state index in [9.17, 15) is 10.2 Å². The molecule has 24 heavy (non-hydrogen) atoms. The molecule has 2 heterocycles. The number of ether oxygens (including phenoxy) is 1. The molecule has 122 valence electrons. The molecule has 4 nitrogen and oxygen atoms in total. The molecule has 0 bridgehead atoms. The minimum atomic E-state index is 0. The van der Waals surface area contributed by atoms with E-state index in [0.29, 0.717) is 12.4 Å². The summed E-state index contributed by atoms with van der Waals surface area (Å²) in [4.78, 5) is 0. The highest BCUT2D eigenvalue weighted by Crippen LogP contribution is 2.34. The van der Waals surface area contributed by atoms with Gasteiger partial charge in [-0.25, -0.2) is 0 Å². The molecule has 0 spiro atoms. The minimum absolute atomic E-state index is 0. The van der Waals surface area contributed by atoms with E-state index in [0.717, 1.165) is 27.1 Å². The third-order valence-corrected chi connectivity index (χ3v) is 4.08. The van der Waals surface area contributed by atoms with Gasteiger partial charge >= 0.3 is 0 Å². The highest BCUT2D eigenvalue weighted by atomic mass is 79.9. The van der Waals surface area contributed by atoms with Crippen molar-refractivity contribution >= 4 is 27.1 Å². The lowest BCUT2D eigenvalue weighted by atomic mass is 10.1. The summed E-state index contributed by atoms with van der Waals surface area (Å²) in [5.74, 6) is 0.900. The van der Waals surface area contributed by atoms with Crippen LogP contribution in [0.4, 0.5) is 0 Å². The van der Waals surface area contributed by atoms with Crippen LogP contribution < -0.4 is 26.1 Å². The van der Waals surface area contributed by atoms with Crippen molar-refractivity contribution < 1.29 is 36.3 Å². The Hall–Kier alpha value is -2.53. The number of aromatic nitrogens is 1. The van der Waals surface area contributed by atoms with Gasteiger partial charge in [0, 0.05) is 12.1 Å². The second-order valence-corrected chi connectivity index (χ2v) is 5.50. The zero-order valence-electron chi connectivity index (χ0n) is 13.0. The van der Waals surface area contributed by atoms with Crippen LogP contribution in [0.25, 0.3) is 27.1 Å². The van der Waals surface area contributed by atoms with Gasteiger partial charge in [-0.05, 0) is 48.0 Å². The standard InChI is InChI=1S/C19H15NO3.BrH/c1-2-23-18-6-3-12-10-17-15-5-4-14(21)9-13(15)7-8-20(17)11-16(12)19(18)22;/h3-11H,2H2,1H3,(H,21,22);1H. The maximum Gasteiger partial charge on any atom is 0.219 e. The van der Waals surface area contributed by atoms with Crippen LogP contribution in [0.5, 0.6) is 17.2 Å². The van der Waals surface area contributed by atoms with Crippen LogP contribution in [-0.2, 0) is 0 Å². The number of phenolic OH excluding ortho intramolecular Hbond substituents is 2. The highest BCUT2D eigenvalue weighted by molar-refractivity contribution is 5.99. The Morgan fingerprint density at radius 1 is 0.958 bits per heavy atom. The number of phenols is 2. The summed E-state index contributed by atoms with van der Waals surface area (Å²) in [6, 6.07) is 13.0. The van der Waals surface area contributed by atoms with E-state index >= 15 is 0 Å². The molecular formula is C19H16BrNO3. The molecule has 0 aliphatic carbocycles. The van der Waals surface area contributed by atoms with Crippen LogP contribution in [0.2, 0.25) is 0 Å². The lowest BCUT2D eigenvalue weighted by Gasteiger charge is -2.08. The quantitative estimate of drug-likeness (QED) is 0.301. The van der Waals surface area contributed by atoms with Crippen LogP contribution in [0.1, 0.15) is 6.92 Å². The van der Waals surface area contributed by atoms with Crippen molar-refractivity contribution in [3.8, 4) is 17.2 Å². The first-order chi connectivity index (χ1) is 11.2. The van der Waals surface area contributed by atoms with Gasteiger partial charge in [0.2, 0.25) is 5.52 Å². The number of rotatable bonds is 2. The summed E-state index contributed by atoms with van der Waals surface area (Å²) in [5, 5.41) is 23.7.